The smallest absolute Gasteiger partial charge is 0.153 e. The molecule has 8 atom stereocenters. The molecule has 0 aromatic heterocycles. The number of hydrogen-bond acceptors (Lipinski definition) is 5. The van der Waals surface area contributed by atoms with Crippen LogP contribution >= 0.6 is 0 Å². The van der Waals surface area contributed by atoms with Crippen molar-refractivity contribution in [2.45, 2.75) is 150 Å². The Bertz CT molecular complexity index is 722. The van der Waals surface area contributed by atoms with Gasteiger partial charge in [0.25, 0.3) is 0 Å². The fourth-order valence-corrected chi connectivity index (χ4v) is 13.3. The largest absolute Gasteiger partial charge is 0.316 e. The van der Waals surface area contributed by atoms with Gasteiger partial charge in [0.15, 0.2) is 6.71 Å². The van der Waals surface area contributed by atoms with Crippen molar-refractivity contribution in [3.63, 3.8) is 0 Å². The molecular weight excluding hydrogens is 477 g/mol. The molecule has 5 nitrogen and oxygen atoms in total. The Kier molecular flexibility index (Phi) is 7.59. The molecule has 0 bridgehead atoms. The third kappa shape index (κ3) is 4.19. The van der Waals surface area contributed by atoms with Crippen molar-refractivity contribution in [3.8, 4) is 0 Å². The van der Waals surface area contributed by atoms with Gasteiger partial charge < -0.3 is 21.3 Å². The number of hydrogen-bond donors (Lipinski definition) is 4. The first-order chi connectivity index (χ1) is 19.4. The summed E-state index contributed by atoms with van der Waals surface area (Å²) >= 11 is 0. The summed E-state index contributed by atoms with van der Waals surface area (Å²) < 4.78 is 0. The molecule has 218 valence electrons. The van der Waals surface area contributed by atoms with E-state index in [1.165, 1.54) is 142 Å². The van der Waals surface area contributed by atoms with E-state index in [1.807, 2.05) is 0 Å². The standard InChI is InChI=1S/C33H58BN5/c1-3-9-23(10-4-1)34-27-13-7-17-37-31(27)33(32-28(34)14-8-18-38-32)25-21-35-19-15-29(25)39(24-11-5-2-6-12-24)30-16-20-36-22-26(30)33/h23-32,35-38H,1-22H2. The number of nitrogens with one attached hydrogen (secondary N) is 4. The Labute approximate surface area is 239 Å². The molecule has 8 rings (SSSR count). The van der Waals surface area contributed by atoms with E-state index in [-0.39, 0.29) is 0 Å². The van der Waals surface area contributed by atoms with Crippen molar-refractivity contribution in [3.05, 3.63) is 0 Å². The lowest BCUT2D eigenvalue weighted by Gasteiger charge is -2.74. The van der Waals surface area contributed by atoms with Gasteiger partial charge in [0.05, 0.1) is 0 Å². The van der Waals surface area contributed by atoms with E-state index in [9.17, 15) is 0 Å². The minimum Gasteiger partial charge on any atom is -0.316 e. The highest BCUT2D eigenvalue weighted by Gasteiger charge is 2.71. The van der Waals surface area contributed by atoms with Crippen molar-refractivity contribution >= 4 is 6.71 Å². The summed E-state index contributed by atoms with van der Waals surface area (Å²) in [6.45, 7) is 8.50. The van der Waals surface area contributed by atoms with Crippen LogP contribution in [0.5, 0.6) is 0 Å². The van der Waals surface area contributed by atoms with Gasteiger partial charge in [0, 0.05) is 48.7 Å². The van der Waals surface area contributed by atoms with Crippen LogP contribution in [0.3, 0.4) is 0 Å². The summed E-state index contributed by atoms with van der Waals surface area (Å²) in [6, 6.07) is 3.90. The summed E-state index contributed by atoms with van der Waals surface area (Å²) in [4.78, 5) is 3.25. The lowest BCUT2D eigenvalue weighted by atomic mass is 9.17. The maximum atomic E-state index is 4.43. The molecule has 8 unspecified atom stereocenters. The highest BCUT2D eigenvalue weighted by molar-refractivity contribution is 6.64. The van der Waals surface area contributed by atoms with E-state index in [2.05, 4.69) is 26.2 Å². The Balaban J connectivity index is 1.26. The fraction of sp³-hybridized carbons (Fsp3) is 1.00. The Morgan fingerprint density at radius 1 is 0.538 bits per heavy atom. The molecule has 8 fully saturated rings. The van der Waals surface area contributed by atoms with Crippen LogP contribution in [0, 0.1) is 17.3 Å². The maximum absolute atomic E-state index is 4.43. The summed E-state index contributed by atoms with van der Waals surface area (Å²) in [6.07, 6.45) is 23.5. The monoisotopic (exact) mass is 535 g/mol. The predicted octanol–water partition coefficient (Wildman–Crippen LogP) is 4.66. The molecule has 39 heavy (non-hydrogen) atoms. The minimum atomic E-state index is 0.392. The Morgan fingerprint density at radius 2 is 1.08 bits per heavy atom. The zero-order valence-corrected chi connectivity index (χ0v) is 24.9. The molecule has 6 aliphatic heterocycles. The zero-order valence-electron chi connectivity index (χ0n) is 24.9. The molecule has 6 heteroatoms. The van der Waals surface area contributed by atoms with Gasteiger partial charge in [-0.15, -0.1) is 0 Å². The Morgan fingerprint density at radius 3 is 1.64 bits per heavy atom. The molecule has 6 heterocycles. The number of nitrogens with zero attached hydrogens (tertiary/aromatic N) is 1. The SMILES string of the molecule is C1CCC(B2C3CCCNC3C3(C4CNCCC4N(C4CCCCC4)C4CCNCC43)C3NCCCC23)CC1. The predicted molar refractivity (Wildman–Crippen MR) is 163 cm³/mol. The molecule has 0 aromatic carbocycles. The van der Waals surface area contributed by atoms with Crippen LogP contribution in [0.25, 0.3) is 0 Å². The molecular formula is C33H58BN5. The number of likely N-dealkylation sites (tertiary alicyclic amines) is 1. The van der Waals surface area contributed by atoms with Gasteiger partial charge >= 0.3 is 0 Å². The summed E-state index contributed by atoms with van der Waals surface area (Å²) in [5.41, 5.74) is 0.392. The lowest BCUT2D eigenvalue weighted by Crippen LogP contribution is -2.83. The van der Waals surface area contributed by atoms with Crippen LogP contribution in [-0.2, 0) is 0 Å². The van der Waals surface area contributed by atoms with Crippen LogP contribution in [0.15, 0.2) is 0 Å². The highest BCUT2D eigenvalue weighted by Crippen LogP contribution is 2.66. The van der Waals surface area contributed by atoms with Crippen LogP contribution in [-0.4, -0.2) is 81.1 Å². The van der Waals surface area contributed by atoms with Crippen molar-refractivity contribution in [1.82, 2.24) is 26.2 Å². The number of rotatable bonds is 2. The molecule has 0 radical (unpaired) electrons. The quantitative estimate of drug-likeness (QED) is 0.388. The minimum absolute atomic E-state index is 0.392. The van der Waals surface area contributed by atoms with E-state index in [0.717, 1.165) is 66.2 Å². The third-order valence-electron chi connectivity index (χ3n) is 14.2. The van der Waals surface area contributed by atoms with Gasteiger partial charge in [-0.3, -0.25) is 4.90 Å². The van der Waals surface area contributed by atoms with Crippen LogP contribution in [0.2, 0.25) is 17.5 Å². The topological polar surface area (TPSA) is 51.4 Å². The van der Waals surface area contributed by atoms with Gasteiger partial charge in [-0.25, -0.2) is 0 Å². The van der Waals surface area contributed by atoms with Crippen LogP contribution in [0.4, 0.5) is 0 Å². The average molecular weight is 536 g/mol. The maximum Gasteiger partial charge on any atom is 0.153 e. The molecule has 2 saturated carbocycles. The van der Waals surface area contributed by atoms with Crippen LogP contribution < -0.4 is 21.3 Å². The average Bonchev–Trinajstić information content (AvgIpc) is 3.02. The highest BCUT2D eigenvalue weighted by atomic mass is 15.3. The first kappa shape index (κ1) is 26.5. The number of fused-ring (bicyclic) bond motifs is 8. The van der Waals surface area contributed by atoms with Crippen molar-refractivity contribution < 1.29 is 0 Å². The van der Waals surface area contributed by atoms with Crippen molar-refractivity contribution in [2.24, 2.45) is 17.3 Å². The van der Waals surface area contributed by atoms with Gasteiger partial charge in [-0.05, 0) is 88.2 Å². The van der Waals surface area contributed by atoms with Crippen molar-refractivity contribution in [2.75, 3.05) is 39.3 Å². The normalized spacial score (nSPS) is 48.2. The van der Waals surface area contributed by atoms with Crippen molar-refractivity contribution in [1.29, 1.82) is 0 Å². The van der Waals surface area contributed by atoms with Gasteiger partial charge in [0.1, 0.15) is 0 Å². The van der Waals surface area contributed by atoms with E-state index in [4.69, 9.17) is 0 Å². The number of piperidine rings is 5. The van der Waals surface area contributed by atoms with Gasteiger partial charge in [0.2, 0.25) is 0 Å². The molecule has 2 aliphatic carbocycles. The molecule has 4 N–H and O–H groups in total. The first-order valence-electron chi connectivity index (χ1n) is 18.0. The van der Waals surface area contributed by atoms with E-state index < -0.39 is 0 Å². The van der Waals surface area contributed by atoms with Gasteiger partial charge in [-0.2, -0.15) is 0 Å². The third-order valence-corrected chi connectivity index (χ3v) is 14.2. The van der Waals surface area contributed by atoms with Crippen LogP contribution in [0.1, 0.15) is 103 Å². The molecule has 0 aromatic rings. The first-order valence-corrected chi connectivity index (χ1v) is 18.0. The van der Waals surface area contributed by atoms with Gasteiger partial charge in [-0.1, -0.05) is 70.0 Å². The Hall–Kier alpha value is -0.135. The summed E-state index contributed by atoms with van der Waals surface area (Å²) in [5.74, 6) is 4.40. The summed E-state index contributed by atoms with van der Waals surface area (Å²) in [7, 11) is 0. The van der Waals surface area contributed by atoms with E-state index in [1.54, 1.807) is 0 Å². The second kappa shape index (κ2) is 11.2. The zero-order chi connectivity index (χ0) is 25.8. The second-order valence-electron chi connectivity index (χ2n) is 15.5. The molecule has 8 aliphatic rings. The fourth-order valence-electron chi connectivity index (χ4n) is 13.3. The molecule has 6 saturated heterocycles. The molecule has 0 amide bonds. The molecule has 1 spiro atoms. The lowest BCUT2D eigenvalue weighted by molar-refractivity contribution is -0.181. The van der Waals surface area contributed by atoms with E-state index in [0.29, 0.717) is 5.41 Å². The second-order valence-corrected chi connectivity index (χ2v) is 15.5. The summed E-state index contributed by atoms with van der Waals surface area (Å²) in [5, 5.41) is 16.9. The van der Waals surface area contributed by atoms with E-state index >= 15 is 0 Å².